The first-order valence-corrected chi connectivity index (χ1v) is 3.85. The van der Waals surface area contributed by atoms with Crippen LogP contribution in [0.3, 0.4) is 0 Å². The third-order valence-corrected chi connectivity index (χ3v) is 1.32. The van der Waals surface area contributed by atoms with Gasteiger partial charge in [0.1, 0.15) is 0 Å². The van der Waals surface area contributed by atoms with Crippen LogP contribution < -0.4 is 0 Å². The van der Waals surface area contributed by atoms with E-state index >= 15 is 0 Å². The molecule has 0 amide bonds. The van der Waals surface area contributed by atoms with Crippen molar-refractivity contribution in [2.45, 2.75) is 34.1 Å². The molecule has 0 N–H and O–H groups in total. The molecule has 0 bridgehead atoms. The highest BCUT2D eigenvalue weighted by atomic mass is 13.9. The first-order valence-electron chi connectivity index (χ1n) is 3.85. The van der Waals surface area contributed by atoms with E-state index in [9.17, 15) is 0 Å². The van der Waals surface area contributed by atoms with E-state index in [1.165, 1.54) is 5.57 Å². The summed E-state index contributed by atoms with van der Waals surface area (Å²) in [5, 5.41) is 0. The first-order chi connectivity index (χ1) is 4.66. The molecule has 57 valence electrons. The van der Waals surface area contributed by atoms with E-state index in [2.05, 4.69) is 45.9 Å². The largest absolute Gasteiger partial charge is 0.0884 e. The van der Waals surface area contributed by atoms with Crippen LogP contribution in [0.1, 0.15) is 34.1 Å². The van der Waals surface area contributed by atoms with Gasteiger partial charge < -0.3 is 0 Å². The normalized spacial score (nSPS) is 13.5. The Morgan fingerprint density at radius 3 is 2.50 bits per heavy atom. The van der Waals surface area contributed by atoms with Gasteiger partial charge in [-0.1, -0.05) is 31.6 Å². The van der Waals surface area contributed by atoms with Crippen molar-refractivity contribution >= 4 is 0 Å². The van der Waals surface area contributed by atoms with Crippen molar-refractivity contribution in [3.8, 4) is 0 Å². The van der Waals surface area contributed by atoms with Crippen molar-refractivity contribution in [1.82, 2.24) is 0 Å². The summed E-state index contributed by atoms with van der Waals surface area (Å²) in [6.45, 7) is 8.52. The van der Waals surface area contributed by atoms with Crippen molar-refractivity contribution < 1.29 is 0 Å². The zero-order valence-electron chi connectivity index (χ0n) is 7.44. The third-order valence-electron chi connectivity index (χ3n) is 1.32. The van der Waals surface area contributed by atoms with E-state index in [-0.39, 0.29) is 0 Å². The standard InChI is InChI=1S/C10H17/c1-5-10(4)8-6-7-9(2)3/h5,7,9H,8H2,1-4H3. The zero-order valence-corrected chi connectivity index (χ0v) is 7.44. The Hall–Kier alpha value is -0.520. The van der Waals surface area contributed by atoms with Gasteiger partial charge in [-0.05, 0) is 32.3 Å². The summed E-state index contributed by atoms with van der Waals surface area (Å²) >= 11 is 0. The van der Waals surface area contributed by atoms with Gasteiger partial charge in [0, 0.05) is 0 Å². The van der Waals surface area contributed by atoms with E-state index in [4.69, 9.17) is 0 Å². The molecule has 0 aliphatic rings. The van der Waals surface area contributed by atoms with Crippen molar-refractivity contribution in [1.29, 1.82) is 0 Å². The molecule has 0 nitrogen and oxygen atoms in total. The van der Waals surface area contributed by atoms with Gasteiger partial charge in [0.15, 0.2) is 0 Å². The van der Waals surface area contributed by atoms with Crippen molar-refractivity contribution in [3.05, 3.63) is 23.8 Å². The van der Waals surface area contributed by atoms with Crippen LogP contribution in [0.25, 0.3) is 0 Å². The minimum absolute atomic E-state index is 0.629. The maximum Gasteiger partial charge on any atom is -0.00703 e. The Morgan fingerprint density at radius 2 is 2.10 bits per heavy atom. The van der Waals surface area contributed by atoms with Crippen molar-refractivity contribution in [2.75, 3.05) is 0 Å². The minimum atomic E-state index is 0.629. The van der Waals surface area contributed by atoms with E-state index < -0.39 is 0 Å². The van der Waals surface area contributed by atoms with E-state index in [0.29, 0.717) is 5.92 Å². The Morgan fingerprint density at radius 1 is 1.50 bits per heavy atom. The monoisotopic (exact) mass is 137 g/mol. The highest BCUT2D eigenvalue weighted by Gasteiger charge is 1.84. The molecule has 0 aliphatic heterocycles. The molecule has 0 saturated heterocycles. The maximum atomic E-state index is 3.24. The second-order valence-corrected chi connectivity index (χ2v) is 2.93. The number of rotatable bonds is 3. The summed E-state index contributed by atoms with van der Waals surface area (Å²) in [7, 11) is 0. The van der Waals surface area contributed by atoms with Gasteiger partial charge in [0.05, 0.1) is 0 Å². The molecule has 10 heavy (non-hydrogen) atoms. The van der Waals surface area contributed by atoms with Crippen LogP contribution in [0.4, 0.5) is 0 Å². The number of allylic oxidation sites excluding steroid dienone is 4. The molecular formula is C10H17. The molecule has 1 radical (unpaired) electrons. The van der Waals surface area contributed by atoms with E-state index in [1.54, 1.807) is 0 Å². The van der Waals surface area contributed by atoms with Crippen LogP contribution >= 0.6 is 0 Å². The van der Waals surface area contributed by atoms with Crippen LogP contribution in [-0.2, 0) is 0 Å². The molecule has 0 rings (SSSR count). The summed E-state index contributed by atoms with van der Waals surface area (Å²) < 4.78 is 0. The smallest absolute Gasteiger partial charge is 0.00703 e. The molecule has 0 heteroatoms. The average molecular weight is 137 g/mol. The van der Waals surface area contributed by atoms with E-state index in [1.807, 2.05) is 0 Å². The lowest BCUT2D eigenvalue weighted by molar-refractivity contribution is 0.822. The molecule has 0 aliphatic carbocycles. The lowest BCUT2D eigenvalue weighted by atomic mass is 10.1. The summed E-state index contributed by atoms with van der Waals surface area (Å²) in [5.41, 5.74) is 1.39. The second kappa shape index (κ2) is 5.28. The molecular weight excluding hydrogens is 120 g/mol. The van der Waals surface area contributed by atoms with Gasteiger partial charge in [-0.25, -0.2) is 0 Å². The topological polar surface area (TPSA) is 0 Å². The van der Waals surface area contributed by atoms with Crippen LogP contribution in [0.5, 0.6) is 0 Å². The average Bonchev–Trinajstić information content (AvgIpc) is 1.87. The summed E-state index contributed by atoms with van der Waals surface area (Å²) in [5.74, 6) is 0.629. The first kappa shape index (κ1) is 9.48. The highest BCUT2D eigenvalue weighted by Crippen LogP contribution is 2.01. The molecule has 0 fully saturated rings. The van der Waals surface area contributed by atoms with Crippen LogP contribution in [0.2, 0.25) is 0 Å². The molecule has 0 aromatic heterocycles. The predicted molar refractivity (Wildman–Crippen MR) is 46.7 cm³/mol. The third kappa shape index (κ3) is 5.61. The molecule has 0 saturated carbocycles. The quantitative estimate of drug-likeness (QED) is 0.523. The minimum Gasteiger partial charge on any atom is -0.0884 e. The Bertz CT molecular complexity index is 127. The Labute approximate surface area is 64.6 Å². The molecule has 0 spiro atoms. The molecule has 0 aromatic carbocycles. The second-order valence-electron chi connectivity index (χ2n) is 2.93. The van der Waals surface area contributed by atoms with Gasteiger partial charge in [-0.15, -0.1) is 0 Å². The van der Waals surface area contributed by atoms with Crippen LogP contribution in [0.15, 0.2) is 17.7 Å². The van der Waals surface area contributed by atoms with Crippen LogP contribution in [-0.4, -0.2) is 0 Å². The molecule has 0 heterocycles. The summed E-state index contributed by atoms with van der Waals surface area (Å²) in [6, 6.07) is 0. The van der Waals surface area contributed by atoms with Gasteiger partial charge in [-0.2, -0.15) is 0 Å². The predicted octanol–water partition coefficient (Wildman–Crippen LogP) is 3.36. The maximum absolute atomic E-state index is 3.24. The lowest BCUT2D eigenvalue weighted by Crippen LogP contribution is -1.78. The summed E-state index contributed by atoms with van der Waals surface area (Å²) in [4.78, 5) is 0. The fourth-order valence-corrected chi connectivity index (χ4v) is 0.558. The van der Waals surface area contributed by atoms with Gasteiger partial charge in [0.2, 0.25) is 0 Å². The van der Waals surface area contributed by atoms with Crippen LogP contribution in [0, 0.1) is 12.0 Å². The molecule has 0 aromatic rings. The van der Waals surface area contributed by atoms with E-state index in [0.717, 1.165) is 6.42 Å². The Balaban J connectivity index is 3.54. The Kier molecular flexibility index (Phi) is 5.00. The highest BCUT2D eigenvalue weighted by molar-refractivity contribution is 4.99. The molecule has 0 unspecified atom stereocenters. The summed E-state index contributed by atoms with van der Waals surface area (Å²) in [6.07, 6.45) is 8.47. The fourth-order valence-electron chi connectivity index (χ4n) is 0.558. The van der Waals surface area contributed by atoms with Gasteiger partial charge in [-0.3, -0.25) is 0 Å². The molecule has 0 atom stereocenters. The fraction of sp³-hybridized carbons (Fsp3) is 0.600. The van der Waals surface area contributed by atoms with Crippen molar-refractivity contribution in [2.24, 2.45) is 5.92 Å². The number of hydrogen-bond donors (Lipinski definition) is 0. The zero-order chi connectivity index (χ0) is 7.98. The lowest BCUT2D eigenvalue weighted by Gasteiger charge is -1.93. The van der Waals surface area contributed by atoms with Gasteiger partial charge >= 0.3 is 0 Å². The van der Waals surface area contributed by atoms with Crippen molar-refractivity contribution in [3.63, 3.8) is 0 Å². The van der Waals surface area contributed by atoms with Gasteiger partial charge in [0.25, 0.3) is 0 Å². The SMILES string of the molecule is CC=C(C)C/[C]=C/C(C)C. The number of hydrogen-bond acceptors (Lipinski definition) is 0.